The predicted molar refractivity (Wildman–Crippen MR) is 109 cm³/mol. The molecule has 0 amide bonds. The van der Waals surface area contributed by atoms with Crippen LogP contribution in [0.3, 0.4) is 0 Å². The molecule has 0 aromatic rings. The van der Waals surface area contributed by atoms with Crippen LogP contribution in [0.1, 0.15) is 77.6 Å². The van der Waals surface area contributed by atoms with Gasteiger partial charge in [-0.1, -0.05) is 76.5 Å². The molecule has 0 aliphatic carbocycles. The Hall–Kier alpha value is -0.470. The minimum absolute atomic E-state index is 0.0233. The Balaban J connectivity index is 2.34. The summed E-state index contributed by atoms with van der Waals surface area (Å²) < 4.78 is 26.3. The number of nitro groups is 1. The van der Waals surface area contributed by atoms with E-state index in [2.05, 4.69) is 6.92 Å². The Morgan fingerprint density at radius 1 is 1.12 bits per heavy atom. The molecular weight excluding hydrogens is 396 g/mol. The zero-order valence-corrected chi connectivity index (χ0v) is 18.0. The third-order valence-corrected chi connectivity index (χ3v) is 7.97. The van der Waals surface area contributed by atoms with Crippen LogP contribution in [0.15, 0.2) is 10.2 Å². The standard InChI is InChI=1S/C17H31ClN2O4S2/c1-2-3-4-5-6-7-8-9-10-11-15-26(23,24)19-13-12-14-25-17(19)16(18)20(21)22/h2-15H2,1H3/b17-16-. The van der Waals surface area contributed by atoms with Crippen molar-refractivity contribution in [1.82, 2.24) is 4.31 Å². The van der Waals surface area contributed by atoms with Gasteiger partial charge >= 0.3 is 5.16 Å². The highest BCUT2D eigenvalue weighted by molar-refractivity contribution is 8.04. The van der Waals surface area contributed by atoms with Gasteiger partial charge < -0.3 is 0 Å². The number of nitrogens with zero attached hydrogens (tertiary/aromatic N) is 2. The van der Waals surface area contributed by atoms with Gasteiger partial charge in [0.1, 0.15) is 0 Å². The number of sulfonamides is 1. The van der Waals surface area contributed by atoms with Crippen LogP contribution < -0.4 is 0 Å². The third-order valence-electron chi connectivity index (χ3n) is 4.40. The second-order valence-electron chi connectivity index (χ2n) is 6.63. The second-order valence-corrected chi connectivity index (χ2v) is 10.1. The average Bonchev–Trinajstić information content (AvgIpc) is 2.62. The van der Waals surface area contributed by atoms with Gasteiger partial charge in [-0.15, -0.1) is 0 Å². The van der Waals surface area contributed by atoms with Gasteiger partial charge in [0.05, 0.1) is 10.7 Å². The molecule has 9 heteroatoms. The summed E-state index contributed by atoms with van der Waals surface area (Å²) in [5.41, 5.74) is 0. The zero-order valence-electron chi connectivity index (χ0n) is 15.6. The summed E-state index contributed by atoms with van der Waals surface area (Å²) >= 11 is 6.86. The molecule has 0 atom stereocenters. The fourth-order valence-corrected chi connectivity index (χ4v) is 6.18. The van der Waals surface area contributed by atoms with E-state index in [1.165, 1.54) is 38.5 Å². The molecule has 0 unspecified atom stereocenters. The molecule has 26 heavy (non-hydrogen) atoms. The molecule has 1 aliphatic rings. The van der Waals surface area contributed by atoms with E-state index in [9.17, 15) is 18.5 Å². The van der Waals surface area contributed by atoms with E-state index >= 15 is 0 Å². The molecule has 0 radical (unpaired) electrons. The first-order chi connectivity index (χ1) is 12.4. The van der Waals surface area contributed by atoms with Crippen LogP contribution in [0.25, 0.3) is 0 Å². The Labute approximate surface area is 166 Å². The van der Waals surface area contributed by atoms with E-state index in [0.29, 0.717) is 18.6 Å². The highest BCUT2D eigenvalue weighted by Crippen LogP contribution is 2.34. The van der Waals surface area contributed by atoms with Crippen LogP contribution in [0, 0.1) is 10.1 Å². The minimum atomic E-state index is -3.55. The van der Waals surface area contributed by atoms with Crippen molar-refractivity contribution < 1.29 is 13.3 Å². The quantitative estimate of drug-likeness (QED) is 0.172. The van der Waals surface area contributed by atoms with Crippen LogP contribution >= 0.6 is 23.4 Å². The average molecular weight is 427 g/mol. The van der Waals surface area contributed by atoms with Crippen molar-refractivity contribution in [3.63, 3.8) is 0 Å². The molecule has 1 aliphatic heterocycles. The Bertz CT molecular complexity index is 567. The largest absolute Gasteiger partial charge is 0.368 e. The lowest BCUT2D eigenvalue weighted by molar-refractivity contribution is -0.413. The van der Waals surface area contributed by atoms with Crippen LogP contribution in [-0.2, 0) is 10.0 Å². The van der Waals surface area contributed by atoms with E-state index < -0.39 is 20.1 Å². The van der Waals surface area contributed by atoms with Crippen molar-refractivity contribution in [3.8, 4) is 0 Å². The Morgan fingerprint density at radius 2 is 1.65 bits per heavy atom. The summed E-state index contributed by atoms with van der Waals surface area (Å²) in [5.74, 6) is 0.666. The van der Waals surface area contributed by atoms with E-state index in [0.717, 1.165) is 35.3 Å². The van der Waals surface area contributed by atoms with Gasteiger partial charge in [0, 0.05) is 12.3 Å². The summed E-state index contributed by atoms with van der Waals surface area (Å²) in [4.78, 5) is 10.2. The highest BCUT2D eigenvalue weighted by atomic mass is 35.5. The van der Waals surface area contributed by atoms with Crippen molar-refractivity contribution in [1.29, 1.82) is 0 Å². The summed E-state index contributed by atoms with van der Waals surface area (Å²) in [6, 6.07) is 0. The Kier molecular flexibility index (Phi) is 11.6. The zero-order chi connectivity index (χ0) is 19.4. The maximum absolute atomic E-state index is 12.6. The molecule has 1 rings (SSSR count). The van der Waals surface area contributed by atoms with Crippen LogP contribution in [0.5, 0.6) is 0 Å². The molecule has 1 fully saturated rings. The van der Waals surface area contributed by atoms with Gasteiger partial charge in [0.15, 0.2) is 5.03 Å². The highest BCUT2D eigenvalue weighted by Gasteiger charge is 2.33. The maximum atomic E-state index is 12.6. The number of halogens is 1. The van der Waals surface area contributed by atoms with Crippen LogP contribution in [-0.4, -0.2) is 35.7 Å². The molecule has 0 aromatic heterocycles. The Morgan fingerprint density at radius 3 is 2.19 bits per heavy atom. The molecule has 1 heterocycles. The smallest absolute Gasteiger partial charge is 0.257 e. The van der Waals surface area contributed by atoms with E-state index in [4.69, 9.17) is 11.6 Å². The molecule has 6 nitrogen and oxygen atoms in total. The van der Waals surface area contributed by atoms with Gasteiger partial charge in [-0.3, -0.25) is 14.4 Å². The first-order valence-electron chi connectivity index (χ1n) is 9.57. The molecule has 0 bridgehead atoms. The van der Waals surface area contributed by atoms with Crippen molar-refractivity contribution in [2.75, 3.05) is 18.1 Å². The lowest BCUT2D eigenvalue weighted by Gasteiger charge is -2.28. The minimum Gasteiger partial charge on any atom is -0.257 e. The molecule has 0 spiro atoms. The predicted octanol–water partition coefficient (Wildman–Crippen LogP) is 5.32. The van der Waals surface area contributed by atoms with E-state index in [1.807, 2.05) is 0 Å². The first-order valence-corrected chi connectivity index (χ1v) is 12.5. The number of hydrogen-bond acceptors (Lipinski definition) is 5. The SMILES string of the molecule is CCCCCCCCCCCCS(=O)(=O)N1CCCS/C1=C(/Cl)[N+](=O)[O-]. The van der Waals surface area contributed by atoms with Crippen molar-refractivity contribution in [2.24, 2.45) is 0 Å². The first kappa shape index (κ1) is 23.6. The van der Waals surface area contributed by atoms with E-state index in [-0.39, 0.29) is 17.3 Å². The van der Waals surface area contributed by atoms with Crippen molar-refractivity contribution in [2.45, 2.75) is 77.6 Å². The topological polar surface area (TPSA) is 80.5 Å². The number of unbranched alkanes of at least 4 members (excludes halogenated alkanes) is 9. The summed E-state index contributed by atoms with van der Waals surface area (Å²) in [7, 11) is -3.55. The van der Waals surface area contributed by atoms with Gasteiger partial charge in [0.2, 0.25) is 10.0 Å². The number of thioether (sulfide) groups is 1. The van der Waals surface area contributed by atoms with E-state index in [1.54, 1.807) is 0 Å². The summed E-state index contributed by atoms with van der Waals surface area (Å²) in [6.45, 7) is 2.48. The molecule has 152 valence electrons. The normalized spacial score (nSPS) is 17.4. The fourth-order valence-electron chi connectivity index (χ4n) is 2.94. The molecular formula is C17H31ClN2O4S2. The summed E-state index contributed by atoms with van der Waals surface area (Å²) in [5, 5.41) is 10.4. The van der Waals surface area contributed by atoms with Crippen molar-refractivity contribution >= 4 is 33.4 Å². The summed E-state index contributed by atoms with van der Waals surface area (Å²) in [6.07, 6.45) is 12.0. The molecule has 0 aromatic carbocycles. The monoisotopic (exact) mass is 426 g/mol. The van der Waals surface area contributed by atoms with Crippen molar-refractivity contribution in [3.05, 3.63) is 20.3 Å². The van der Waals surface area contributed by atoms with Crippen LogP contribution in [0.2, 0.25) is 0 Å². The third kappa shape index (κ3) is 8.48. The fraction of sp³-hybridized carbons (Fsp3) is 0.882. The van der Waals surface area contributed by atoms with Gasteiger partial charge in [0.25, 0.3) is 0 Å². The van der Waals surface area contributed by atoms with Gasteiger partial charge in [-0.2, -0.15) is 0 Å². The lowest BCUT2D eigenvalue weighted by atomic mass is 10.1. The van der Waals surface area contributed by atoms with Gasteiger partial charge in [-0.25, -0.2) is 8.42 Å². The molecule has 0 N–H and O–H groups in total. The van der Waals surface area contributed by atoms with Crippen LogP contribution in [0.4, 0.5) is 0 Å². The van der Waals surface area contributed by atoms with Gasteiger partial charge in [-0.05, 0) is 24.4 Å². The number of rotatable bonds is 13. The molecule has 1 saturated heterocycles. The molecule has 0 saturated carbocycles. The maximum Gasteiger partial charge on any atom is 0.368 e. The lowest BCUT2D eigenvalue weighted by Crippen LogP contribution is -2.36. The second kappa shape index (κ2) is 12.8. The number of hydrogen-bond donors (Lipinski definition) is 0.